The summed E-state index contributed by atoms with van der Waals surface area (Å²) in [7, 11) is 0. The Balaban J connectivity index is 4.19. The third kappa shape index (κ3) is 2.63. The number of hydrogen-bond donors (Lipinski definition) is 1. The van der Waals surface area contributed by atoms with E-state index in [9.17, 15) is 13.2 Å². The fourth-order valence-electron chi connectivity index (χ4n) is 0.163. The Kier molecular flexibility index (Phi) is 3.34. The van der Waals surface area contributed by atoms with Gasteiger partial charge in [-0.2, -0.15) is 8.78 Å². The van der Waals surface area contributed by atoms with Crippen LogP contribution in [-0.2, 0) is 0 Å². The highest BCUT2D eigenvalue weighted by molar-refractivity contribution is 5.94. The highest BCUT2D eigenvalue weighted by Gasteiger charge is 2.01. The Labute approximate surface area is 49.2 Å². The number of allylic oxidation sites excluding steroid dienone is 1. The maximum absolute atomic E-state index is 11.7. The van der Waals surface area contributed by atoms with E-state index < -0.39 is 18.1 Å². The molecule has 0 aliphatic rings. The molecule has 1 N–H and O–H groups in total. The zero-order valence-corrected chi connectivity index (χ0v) is 4.24. The molecule has 50 valence electrons. The van der Waals surface area contributed by atoms with E-state index in [-0.39, 0.29) is 6.34 Å². The van der Waals surface area contributed by atoms with Gasteiger partial charge < -0.3 is 0 Å². The van der Waals surface area contributed by atoms with Gasteiger partial charge >= 0.3 is 0 Å². The average Bonchev–Trinajstić information content (AvgIpc) is 1.87. The highest BCUT2D eigenvalue weighted by atomic mass is 19.2. The molecule has 0 amide bonds. The molecule has 0 spiro atoms. The van der Waals surface area contributed by atoms with E-state index in [1.165, 1.54) is 0 Å². The summed E-state index contributed by atoms with van der Waals surface area (Å²) in [5.41, 5.74) is 0. The molecule has 0 rings (SSSR count). The van der Waals surface area contributed by atoms with Gasteiger partial charge in [0.1, 0.15) is 12.7 Å². The minimum absolute atomic E-state index is 0.276. The topological polar surface area (TPSA) is 36.2 Å². The second-order valence-corrected chi connectivity index (χ2v) is 1.01. The second-order valence-electron chi connectivity index (χ2n) is 1.01. The predicted molar refractivity (Wildman–Crippen MR) is 27.6 cm³/mol. The summed E-state index contributed by atoms with van der Waals surface area (Å²) < 4.78 is 34.3. The summed E-state index contributed by atoms with van der Waals surface area (Å²) in [6.07, 6.45) is -0.291. The van der Waals surface area contributed by atoms with E-state index in [2.05, 4.69) is 4.99 Å². The molecule has 0 aromatic carbocycles. The second kappa shape index (κ2) is 3.82. The van der Waals surface area contributed by atoms with E-state index in [1.807, 2.05) is 0 Å². The van der Waals surface area contributed by atoms with Crippen molar-refractivity contribution >= 4 is 12.3 Å². The summed E-state index contributed by atoms with van der Waals surface area (Å²) in [6, 6.07) is 0. The molecule has 9 heavy (non-hydrogen) atoms. The van der Waals surface area contributed by atoms with Gasteiger partial charge in [-0.15, -0.1) is 0 Å². The van der Waals surface area contributed by atoms with Crippen molar-refractivity contribution in [3.05, 3.63) is 12.2 Å². The lowest BCUT2D eigenvalue weighted by atomic mass is 10.6. The molecule has 0 heterocycles. The normalized spacial score (nSPS) is 13.7. The Hall–Kier alpha value is -1.13. The van der Waals surface area contributed by atoms with Crippen LogP contribution in [0.5, 0.6) is 0 Å². The van der Waals surface area contributed by atoms with Crippen LogP contribution in [0.1, 0.15) is 0 Å². The molecule has 0 aliphatic heterocycles. The van der Waals surface area contributed by atoms with Crippen LogP contribution in [0.4, 0.5) is 13.2 Å². The molecule has 0 saturated heterocycles. The van der Waals surface area contributed by atoms with E-state index in [1.54, 1.807) is 0 Å². The molecule has 0 fully saturated rings. The van der Waals surface area contributed by atoms with Crippen molar-refractivity contribution in [3.63, 3.8) is 0 Å². The minimum Gasteiger partial charge on any atom is -0.289 e. The van der Waals surface area contributed by atoms with Crippen LogP contribution in [0.15, 0.2) is 17.1 Å². The van der Waals surface area contributed by atoms with Gasteiger partial charge in [0.25, 0.3) is 5.97 Å². The van der Waals surface area contributed by atoms with Gasteiger partial charge in [0.15, 0.2) is 0 Å². The fraction of sp³-hybridized carbons (Fsp3) is 0. The van der Waals surface area contributed by atoms with Gasteiger partial charge in [0.2, 0.25) is 5.83 Å². The lowest BCUT2D eigenvalue weighted by Gasteiger charge is -1.82. The third-order valence-corrected chi connectivity index (χ3v) is 0.471. The molecular formula is C4H3F3N2. The van der Waals surface area contributed by atoms with E-state index in [0.29, 0.717) is 0 Å². The monoisotopic (exact) mass is 136 g/mol. The minimum atomic E-state index is -1.71. The van der Waals surface area contributed by atoms with E-state index in [4.69, 9.17) is 5.41 Å². The first-order valence-electron chi connectivity index (χ1n) is 1.91. The Morgan fingerprint density at radius 3 is 2.33 bits per heavy atom. The van der Waals surface area contributed by atoms with Gasteiger partial charge in [-0.05, 0) is 0 Å². The molecule has 0 radical (unpaired) electrons. The van der Waals surface area contributed by atoms with Crippen molar-refractivity contribution in [1.82, 2.24) is 0 Å². The van der Waals surface area contributed by atoms with Crippen LogP contribution in [-0.4, -0.2) is 12.3 Å². The standard InChI is InChI=1S/C4H3F3N2/c5-1-3(6)4(7)9-2-8/h1-2,8H/b3-1-,8-2?,9-4?. The number of aliphatic imine (C=N–C) groups is 1. The lowest BCUT2D eigenvalue weighted by Crippen LogP contribution is -1.87. The Morgan fingerprint density at radius 2 is 2.00 bits per heavy atom. The summed E-state index contributed by atoms with van der Waals surface area (Å²) in [5, 5.41) is 6.13. The van der Waals surface area contributed by atoms with Crippen LogP contribution in [0, 0.1) is 5.41 Å². The van der Waals surface area contributed by atoms with E-state index >= 15 is 0 Å². The first-order chi connectivity index (χ1) is 4.22. The maximum atomic E-state index is 11.7. The van der Waals surface area contributed by atoms with Crippen LogP contribution in [0.2, 0.25) is 0 Å². The van der Waals surface area contributed by atoms with Crippen molar-refractivity contribution < 1.29 is 13.2 Å². The number of nitrogens with zero attached hydrogens (tertiary/aromatic N) is 1. The Morgan fingerprint density at radius 1 is 1.44 bits per heavy atom. The lowest BCUT2D eigenvalue weighted by molar-refractivity contribution is 0.594. The van der Waals surface area contributed by atoms with E-state index in [0.717, 1.165) is 0 Å². The van der Waals surface area contributed by atoms with Crippen molar-refractivity contribution in [2.45, 2.75) is 0 Å². The first kappa shape index (κ1) is 7.87. The van der Waals surface area contributed by atoms with Crippen molar-refractivity contribution in [2.75, 3.05) is 0 Å². The quantitative estimate of drug-likeness (QED) is 0.443. The largest absolute Gasteiger partial charge is 0.289 e. The van der Waals surface area contributed by atoms with Crippen molar-refractivity contribution in [3.8, 4) is 0 Å². The summed E-state index contributed by atoms with van der Waals surface area (Å²) >= 11 is 0. The van der Waals surface area contributed by atoms with Crippen molar-refractivity contribution in [1.29, 1.82) is 5.41 Å². The molecule has 0 atom stereocenters. The van der Waals surface area contributed by atoms with Crippen LogP contribution in [0.3, 0.4) is 0 Å². The van der Waals surface area contributed by atoms with Crippen molar-refractivity contribution in [2.24, 2.45) is 4.99 Å². The van der Waals surface area contributed by atoms with Gasteiger partial charge in [-0.25, -0.2) is 9.38 Å². The Bertz CT molecular complexity index is 161. The number of rotatable bonds is 2. The smallest absolute Gasteiger partial charge is 0.252 e. The van der Waals surface area contributed by atoms with Crippen LogP contribution < -0.4 is 0 Å². The highest BCUT2D eigenvalue weighted by Crippen LogP contribution is 2.00. The van der Waals surface area contributed by atoms with Gasteiger partial charge in [0.05, 0.1) is 0 Å². The molecule has 5 heteroatoms. The van der Waals surface area contributed by atoms with Gasteiger partial charge in [-0.3, -0.25) is 5.41 Å². The van der Waals surface area contributed by atoms with Gasteiger partial charge in [0, 0.05) is 0 Å². The number of nitrogens with one attached hydrogen (secondary N) is 1. The number of halogens is 3. The molecule has 0 bridgehead atoms. The first-order valence-corrected chi connectivity index (χ1v) is 1.91. The summed E-state index contributed by atoms with van der Waals surface area (Å²) in [5.74, 6) is -3.34. The summed E-state index contributed by atoms with van der Waals surface area (Å²) in [4.78, 5) is 2.50. The zero-order valence-electron chi connectivity index (χ0n) is 4.24. The predicted octanol–water partition coefficient (Wildman–Crippen LogP) is 1.74. The SMILES string of the molecule is N=CN=C(F)/C(F)=C/F. The zero-order chi connectivity index (χ0) is 7.28. The molecule has 0 aromatic rings. The van der Waals surface area contributed by atoms with Crippen LogP contribution >= 0.6 is 0 Å². The fourth-order valence-corrected chi connectivity index (χ4v) is 0.163. The molecule has 0 saturated carbocycles. The molecule has 0 aromatic heterocycles. The molecule has 2 nitrogen and oxygen atoms in total. The third-order valence-electron chi connectivity index (χ3n) is 0.471. The van der Waals surface area contributed by atoms with Crippen LogP contribution in [0.25, 0.3) is 0 Å². The molecule has 0 unspecified atom stereocenters. The van der Waals surface area contributed by atoms with Gasteiger partial charge in [-0.1, -0.05) is 0 Å². The molecular weight excluding hydrogens is 133 g/mol. The maximum Gasteiger partial charge on any atom is 0.252 e. The summed E-state index contributed by atoms with van der Waals surface area (Å²) in [6.45, 7) is 0. The average molecular weight is 136 g/mol. The molecule has 0 aliphatic carbocycles. The number of hydrogen-bond acceptors (Lipinski definition) is 1.